The summed E-state index contributed by atoms with van der Waals surface area (Å²) in [7, 11) is 1.58. The number of aryl methyl sites for hydroxylation is 1. The Morgan fingerprint density at radius 3 is 2.32 bits per heavy atom. The minimum atomic E-state index is -0.422. The average molecular weight is 469 g/mol. The first-order valence-corrected chi connectivity index (χ1v) is 11.1. The Balaban J connectivity index is 1.66. The van der Waals surface area contributed by atoms with Crippen molar-refractivity contribution < 1.29 is 14.3 Å². The van der Waals surface area contributed by atoms with Gasteiger partial charge < -0.3 is 10.1 Å². The van der Waals surface area contributed by atoms with Crippen molar-refractivity contribution in [3.63, 3.8) is 0 Å². The van der Waals surface area contributed by atoms with Gasteiger partial charge in [-0.15, -0.1) is 0 Å². The number of imide groups is 1. The van der Waals surface area contributed by atoms with Gasteiger partial charge in [0.25, 0.3) is 11.8 Å². The number of rotatable bonds is 5. The molecule has 0 unspecified atom stereocenters. The molecule has 4 aromatic carbocycles. The monoisotopic (exact) mass is 468 g/mol. The van der Waals surface area contributed by atoms with Crippen LogP contribution in [0, 0.1) is 6.92 Å². The van der Waals surface area contributed by atoms with Crippen molar-refractivity contribution in [2.45, 2.75) is 6.92 Å². The zero-order chi connectivity index (χ0) is 23.8. The Hall–Kier alpha value is -4.09. The van der Waals surface area contributed by atoms with Crippen molar-refractivity contribution in [3.05, 3.63) is 107 Å². The number of hydrogen-bond acceptors (Lipinski definition) is 4. The second-order valence-electron chi connectivity index (χ2n) is 8.01. The molecule has 0 saturated heterocycles. The van der Waals surface area contributed by atoms with Gasteiger partial charge in [-0.3, -0.25) is 9.59 Å². The van der Waals surface area contributed by atoms with Gasteiger partial charge in [-0.25, -0.2) is 4.90 Å². The standard InChI is InChI=1S/C28H21ClN2O3/c1-17-16-20(29)12-15-24(17)31-27(32)25(19-10-13-21(34-2)14-11-19)26(28(31)33)30-23-9-5-7-18-6-3-4-8-22(18)23/h3-16,30H,1-2H3. The van der Waals surface area contributed by atoms with Crippen LogP contribution in [-0.4, -0.2) is 18.9 Å². The molecule has 5 rings (SSSR count). The third-order valence-corrected chi connectivity index (χ3v) is 6.15. The number of ether oxygens (including phenoxy) is 1. The lowest BCUT2D eigenvalue weighted by molar-refractivity contribution is -0.120. The predicted octanol–water partition coefficient (Wildman–Crippen LogP) is 6.21. The molecule has 34 heavy (non-hydrogen) atoms. The van der Waals surface area contributed by atoms with Crippen molar-refractivity contribution in [1.82, 2.24) is 0 Å². The van der Waals surface area contributed by atoms with Crippen LogP contribution < -0.4 is 15.0 Å². The molecule has 1 N–H and O–H groups in total. The van der Waals surface area contributed by atoms with Gasteiger partial charge in [-0.05, 0) is 59.8 Å². The van der Waals surface area contributed by atoms with Gasteiger partial charge in [0.2, 0.25) is 0 Å². The van der Waals surface area contributed by atoms with E-state index in [-0.39, 0.29) is 5.70 Å². The maximum absolute atomic E-state index is 13.7. The molecule has 0 atom stereocenters. The third-order valence-electron chi connectivity index (χ3n) is 5.91. The van der Waals surface area contributed by atoms with E-state index in [9.17, 15) is 9.59 Å². The number of methoxy groups -OCH3 is 1. The number of benzene rings is 4. The fourth-order valence-corrected chi connectivity index (χ4v) is 4.46. The van der Waals surface area contributed by atoms with E-state index in [4.69, 9.17) is 16.3 Å². The van der Waals surface area contributed by atoms with Gasteiger partial charge >= 0.3 is 0 Å². The second-order valence-corrected chi connectivity index (χ2v) is 8.44. The molecule has 2 amide bonds. The summed E-state index contributed by atoms with van der Waals surface area (Å²) in [6, 6.07) is 25.9. The van der Waals surface area contributed by atoms with Crippen molar-refractivity contribution >= 4 is 51.1 Å². The lowest BCUT2D eigenvalue weighted by Gasteiger charge is -2.18. The van der Waals surface area contributed by atoms with Crippen LogP contribution in [0.2, 0.25) is 5.02 Å². The largest absolute Gasteiger partial charge is 0.497 e. The van der Waals surface area contributed by atoms with Crippen LogP contribution in [0.5, 0.6) is 5.75 Å². The minimum Gasteiger partial charge on any atom is -0.497 e. The van der Waals surface area contributed by atoms with E-state index in [1.807, 2.05) is 49.4 Å². The van der Waals surface area contributed by atoms with E-state index in [1.165, 1.54) is 4.90 Å². The highest BCUT2D eigenvalue weighted by molar-refractivity contribution is 6.46. The lowest BCUT2D eigenvalue weighted by Crippen LogP contribution is -2.33. The lowest BCUT2D eigenvalue weighted by atomic mass is 10.0. The van der Waals surface area contributed by atoms with Crippen molar-refractivity contribution in [2.75, 3.05) is 17.3 Å². The molecule has 5 nitrogen and oxygen atoms in total. The number of anilines is 2. The Bertz CT molecular complexity index is 1470. The first-order chi connectivity index (χ1) is 16.5. The molecule has 0 aliphatic carbocycles. The first kappa shape index (κ1) is 21.7. The maximum Gasteiger partial charge on any atom is 0.282 e. The number of halogens is 1. The minimum absolute atomic E-state index is 0.223. The molecular formula is C28H21ClN2O3. The van der Waals surface area contributed by atoms with Gasteiger partial charge in [-0.1, -0.05) is 60.1 Å². The van der Waals surface area contributed by atoms with Crippen LogP contribution in [0.15, 0.2) is 90.6 Å². The summed E-state index contributed by atoms with van der Waals surface area (Å²) >= 11 is 6.12. The highest BCUT2D eigenvalue weighted by Gasteiger charge is 2.41. The Morgan fingerprint density at radius 1 is 0.853 bits per heavy atom. The van der Waals surface area contributed by atoms with Gasteiger partial charge in [0.05, 0.1) is 18.4 Å². The van der Waals surface area contributed by atoms with Crippen LogP contribution in [0.3, 0.4) is 0 Å². The second kappa shape index (κ2) is 8.69. The van der Waals surface area contributed by atoms with E-state index in [1.54, 1.807) is 49.6 Å². The maximum atomic E-state index is 13.7. The molecule has 168 valence electrons. The molecule has 1 aliphatic rings. The van der Waals surface area contributed by atoms with Crippen molar-refractivity contribution in [3.8, 4) is 5.75 Å². The van der Waals surface area contributed by atoms with Gasteiger partial charge in [0, 0.05) is 16.1 Å². The Labute approximate surface area is 202 Å². The summed E-state index contributed by atoms with van der Waals surface area (Å²) in [4.78, 5) is 28.7. The Kier molecular flexibility index (Phi) is 5.56. The molecule has 6 heteroatoms. The van der Waals surface area contributed by atoms with Crippen molar-refractivity contribution in [2.24, 2.45) is 0 Å². The first-order valence-electron chi connectivity index (χ1n) is 10.8. The molecule has 1 aliphatic heterocycles. The highest BCUT2D eigenvalue weighted by Crippen LogP contribution is 2.37. The number of nitrogens with one attached hydrogen (secondary N) is 1. The smallest absolute Gasteiger partial charge is 0.282 e. The molecule has 0 fully saturated rings. The van der Waals surface area contributed by atoms with Crippen LogP contribution in [0.4, 0.5) is 11.4 Å². The number of hydrogen-bond donors (Lipinski definition) is 1. The molecule has 0 saturated carbocycles. The van der Waals surface area contributed by atoms with Crippen LogP contribution in [-0.2, 0) is 9.59 Å². The van der Waals surface area contributed by atoms with E-state index < -0.39 is 11.8 Å². The number of nitrogens with zero attached hydrogens (tertiary/aromatic N) is 1. The fourth-order valence-electron chi connectivity index (χ4n) is 4.23. The zero-order valence-corrected chi connectivity index (χ0v) is 19.4. The Morgan fingerprint density at radius 2 is 1.59 bits per heavy atom. The van der Waals surface area contributed by atoms with Gasteiger partial charge in [0.15, 0.2) is 0 Å². The summed E-state index contributed by atoms with van der Waals surface area (Å²) in [6.07, 6.45) is 0. The van der Waals surface area contributed by atoms with Gasteiger partial charge in [-0.2, -0.15) is 0 Å². The van der Waals surface area contributed by atoms with E-state index in [0.29, 0.717) is 27.6 Å². The molecule has 0 bridgehead atoms. The predicted molar refractivity (Wildman–Crippen MR) is 136 cm³/mol. The van der Waals surface area contributed by atoms with E-state index in [0.717, 1.165) is 22.0 Å². The number of fused-ring (bicyclic) bond motifs is 1. The van der Waals surface area contributed by atoms with Gasteiger partial charge in [0.1, 0.15) is 11.4 Å². The molecule has 1 heterocycles. The summed E-state index contributed by atoms with van der Waals surface area (Å²) in [5.41, 5.74) is 3.12. The van der Waals surface area contributed by atoms with E-state index >= 15 is 0 Å². The average Bonchev–Trinajstić information content (AvgIpc) is 3.09. The summed E-state index contributed by atoms with van der Waals surface area (Å²) in [6.45, 7) is 1.82. The van der Waals surface area contributed by atoms with Crippen LogP contribution in [0.1, 0.15) is 11.1 Å². The summed E-state index contributed by atoms with van der Waals surface area (Å²) in [5, 5.41) is 5.80. The van der Waals surface area contributed by atoms with Crippen LogP contribution >= 0.6 is 11.6 Å². The topological polar surface area (TPSA) is 58.6 Å². The van der Waals surface area contributed by atoms with E-state index in [2.05, 4.69) is 5.32 Å². The number of amides is 2. The fraction of sp³-hybridized carbons (Fsp3) is 0.0714. The normalized spacial score (nSPS) is 13.7. The highest BCUT2D eigenvalue weighted by atomic mass is 35.5. The zero-order valence-electron chi connectivity index (χ0n) is 18.6. The SMILES string of the molecule is COc1ccc(C2=C(Nc3cccc4ccccc34)C(=O)N(c3ccc(Cl)cc3C)C2=O)cc1. The summed E-state index contributed by atoms with van der Waals surface area (Å²) < 4.78 is 5.26. The molecule has 4 aromatic rings. The quantitative estimate of drug-likeness (QED) is 0.354. The molecule has 0 spiro atoms. The van der Waals surface area contributed by atoms with Crippen LogP contribution in [0.25, 0.3) is 16.3 Å². The number of carbonyl (C=O) groups is 2. The molecular weight excluding hydrogens is 448 g/mol. The molecule has 0 aromatic heterocycles. The third kappa shape index (κ3) is 3.70. The number of carbonyl (C=O) groups excluding carboxylic acids is 2. The summed E-state index contributed by atoms with van der Waals surface area (Å²) in [5.74, 6) is -0.160. The molecule has 0 radical (unpaired) electrons. The van der Waals surface area contributed by atoms with Crippen molar-refractivity contribution in [1.29, 1.82) is 0 Å².